The van der Waals surface area contributed by atoms with Gasteiger partial charge >= 0.3 is 6.03 Å². The lowest BCUT2D eigenvalue weighted by Gasteiger charge is -1.74. The van der Waals surface area contributed by atoms with Gasteiger partial charge in [-0.3, -0.25) is 0 Å². The first kappa shape index (κ1) is 4.18. The van der Waals surface area contributed by atoms with Gasteiger partial charge in [-0.25, -0.2) is 0 Å². The van der Waals surface area contributed by atoms with Crippen molar-refractivity contribution in [3.8, 4) is 0 Å². The third-order valence-electron chi connectivity index (χ3n) is 0.777. The van der Waals surface area contributed by atoms with Crippen molar-refractivity contribution in [3.05, 3.63) is 0 Å². The molecule has 0 spiro atoms. The number of aliphatic imine (C=N–C) groups is 1. The summed E-state index contributed by atoms with van der Waals surface area (Å²) in [6.07, 6.45) is 3.09. The molecule has 0 radical (unpaired) electrons. The van der Waals surface area contributed by atoms with Gasteiger partial charge in [-0.1, -0.05) is 0 Å². The minimum Gasteiger partial charge on any atom is -0.193 e. The van der Waals surface area contributed by atoms with Crippen LogP contribution in [-0.4, -0.2) is 30.1 Å². The topological polar surface area (TPSA) is 32.4 Å². The lowest BCUT2D eigenvalue weighted by atomic mass is 10.8. The lowest BCUT2D eigenvalue weighted by Crippen LogP contribution is -2.06. The van der Waals surface area contributed by atoms with Crippen molar-refractivity contribution in [1.82, 2.24) is 0 Å². The van der Waals surface area contributed by atoms with E-state index < -0.39 is 0 Å². The fraction of sp³-hybridized carbons (Fsp3) is 0.250. The van der Waals surface area contributed by atoms with E-state index in [0.717, 1.165) is 0 Å². The van der Waals surface area contributed by atoms with Gasteiger partial charge in [0.15, 0.2) is 6.21 Å². The average Bonchev–Trinajstić information content (AvgIpc) is 1.91. The van der Waals surface area contributed by atoms with Crippen molar-refractivity contribution in [2.45, 2.75) is 0 Å². The van der Waals surface area contributed by atoms with Crippen molar-refractivity contribution in [2.24, 2.45) is 4.99 Å². The number of rotatable bonds is 0. The standard InChI is InChI=1S/C4H5N2O/c1-6-3-2-5-4(6)7/h2-3H,1H3/q+1. The quantitative estimate of drug-likeness (QED) is 0.388. The van der Waals surface area contributed by atoms with Crippen molar-refractivity contribution >= 4 is 18.5 Å². The van der Waals surface area contributed by atoms with Gasteiger partial charge in [-0.15, -0.1) is 0 Å². The second-order valence-electron chi connectivity index (χ2n) is 1.32. The molecule has 0 aromatic rings. The number of hydrogen-bond donors (Lipinski definition) is 0. The average molecular weight is 97.1 g/mol. The third kappa shape index (κ3) is 0.559. The molecule has 0 fully saturated rings. The summed E-state index contributed by atoms with van der Waals surface area (Å²) >= 11 is 0. The molecule has 0 saturated carbocycles. The monoisotopic (exact) mass is 97.0 g/mol. The van der Waals surface area contributed by atoms with Gasteiger partial charge in [0, 0.05) is 0 Å². The van der Waals surface area contributed by atoms with Crippen LogP contribution < -0.4 is 0 Å². The number of nitrogens with zero attached hydrogens (tertiary/aromatic N) is 2. The molecule has 0 aromatic heterocycles. The van der Waals surface area contributed by atoms with Crippen LogP contribution in [0.2, 0.25) is 0 Å². The molecule has 0 aromatic carbocycles. The van der Waals surface area contributed by atoms with Crippen LogP contribution in [0.1, 0.15) is 0 Å². The summed E-state index contributed by atoms with van der Waals surface area (Å²) in [6.45, 7) is 0. The van der Waals surface area contributed by atoms with E-state index in [-0.39, 0.29) is 6.03 Å². The van der Waals surface area contributed by atoms with Crippen LogP contribution in [0.3, 0.4) is 0 Å². The van der Waals surface area contributed by atoms with Crippen molar-refractivity contribution in [3.63, 3.8) is 0 Å². The molecule has 0 N–H and O–H groups in total. The summed E-state index contributed by atoms with van der Waals surface area (Å²) in [5.74, 6) is 0. The van der Waals surface area contributed by atoms with Gasteiger partial charge in [-0.05, 0) is 4.99 Å². The summed E-state index contributed by atoms with van der Waals surface area (Å²) in [4.78, 5) is 13.7. The number of carbonyl (C=O) groups excluding carboxylic acids is 1. The Morgan fingerprint density at radius 3 is 2.71 bits per heavy atom. The maximum absolute atomic E-state index is 10.3. The number of amides is 2. The van der Waals surface area contributed by atoms with E-state index >= 15 is 0 Å². The van der Waals surface area contributed by atoms with Crippen LogP contribution in [0.15, 0.2) is 4.99 Å². The maximum atomic E-state index is 10.3. The Morgan fingerprint density at radius 1 is 1.86 bits per heavy atom. The zero-order valence-electron chi connectivity index (χ0n) is 3.96. The Morgan fingerprint density at radius 2 is 2.57 bits per heavy atom. The van der Waals surface area contributed by atoms with E-state index in [9.17, 15) is 4.79 Å². The molecule has 3 heteroatoms. The van der Waals surface area contributed by atoms with E-state index in [0.29, 0.717) is 0 Å². The molecular formula is C4H5N2O+. The van der Waals surface area contributed by atoms with E-state index in [4.69, 9.17) is 0 Å². The molecule has 1 aliphatic rings. The molecule has 2 amide bonds. The summed E-state index contributed by atoms with van der Waals surface area (Å²) in [6, 6.07) is -0.194. The van der Waals surface area contributed by atoms with Crippen LogP contribution in [0, 0.1) is 0 Å². The molecule has 1 rings (SSSR count). The summed E-state index contributed by atoms with van der Waals surface area (Å²) in [5, 5.41) is 0. The summed E-state index contributed by atoms with van der Waals surface area (Å²) in [5.41, 5.74) is 0. The normalized spacial score (nSPS) is 17.9. The zero-order valence-corrected chi connectivity index (χ0v) is 3.96. The number of urea groups is 1. The maximum Gasteiger partial charge on any atom is 0.539 e. The molecule has 0 aliphatic carbocycles. The van der Waals surface area contributed by atoms with Gasteiger partial charge in [0.25, 0.3) is 0 Å². The molecule has 7 heavy (non-hydrogen) atoms. The third-order valence-corrected chi connectivity index (χ3v) is 0.777. The molecule has 0 bridgehead atoms. The lowest BCUT2D eigenvalue weighted by molar-refractivity contribution is -0.380. The van der Waals surface area contributed by atoms with E-state index in [1.807, 2.05) is 0 Å². The molecule has 0 unspecified atom stereocenters. The number of carbonyl (C=O) groups is 1. The molecule has 1 aliphatic heterocycles. The van der Waals surface area contributed by atoms with Crippen LogP contribution in [-0.2, 0) is 0 Å². The number of hydrogen-bond acceptors (Lipinski definition) is 1. The Labute approximate surface area is 41.0 Å². The Hall–Kier alpha value is -0.990. The minimum atomic E-state index is -0.194. The second-order valence-corrected chi connectivity index (χ2v) is 1.32. The van der Waals surface area contributed by atoms with E-state index in [2.05, 4.69) is 4.99 Å². The largest absolute Gasteiger partial charge is 0.539 e. The van der Waals surface area contributed by atoms with Crippen LogP contribution in [0.25, 0.3) is 0 Å². The first-order chi connectivity index (χ1) is 3.30. The predicted molar refractivity (Wildman–Crippen MR) is 26.1 cm³/mol. The minimum absolute atomic E-state index is 0.194. The highest BCUT2D eigenvalue weighted by atomic mass is 16.2. The Balaban J connectivity index is 2.89. The molecule has 0 atom stereocenters. The summed E-state index contributed by atoms with van der Waals surface area (Å²) in [7, 11) is 1.66. The zero-order chi connectivity index (χ0) is 5.28. The van der Waals surface area contributed by atoms with Gasteiger partial charge < -0.3 is 0 Å². The first-order valence-electron chi connectivity index (χ1n) is 1.95. The van der Waals surface area contributed by atoms with E-state index in [1.54, 1.807) is 13.3 Å². The molecular weight excluding hydrogens is 92.1 g/mol. The van der Waals surface area contributed by atoms with Gasteiger partial charge in [0.1, 0.15) is 6.21 Å². The molecule has 0 saturated heterocycles. The SMILES string of the molecule is C[N+]1=CC=NC1=O. The highest BCUT2D eigenvalue weighted by Gasteiger charge is 2.13. The highest BCUT2D eigenvalue weighted by Crippen LogP contribution is 1.81. The van der Waals surface area contributed by atoms with Crippen molar-refractivity contribution < 1.29 is 9.37 Å². The second kappa shape index (κ2) is 1.26. The van der Waals surface area contributed by atoms with Crippen molar-refractivity contribution in [2.75, 3.05) is 7.05 Å². The van der Waals surface area contributed by atoms with Crippen LogP contribution >= 0.6 is 0 Å². The smallest absolute Gasteiger partial charge is 0.193 e. The first-order valence-corrected chi connectivity index (χ1v) is 1.95. The van der Waals surface area contributed by atoms with Gasteiger partial charge in [-0.2, -0.15) is 9.37 Å². The fourth-order valence-corrected chi connectivity index (χ4v) is 0.352. The molecule has 36 valence electrons. The Kier molecular flexibility index (Phi) is 0.749. The molecule has 3 nitrogen and oxygen atoms in total. The molecule has 1 heterocycles. The van der Waals surface area contributed by atoms with E-state index in [1.165, 1.54) is 10.8 Å². The van der Waals surface area contributed by atoms with Crippen LogP contribution in [0.4, 0.5) is 4.79 Å². The van der Waals surface area contributed by atoms with Crippen molar-refractivity contribution in [1.29, 1.82) is 0 Å². The Bertz CT molecular complexity index is 157. The fourth-order valence-electron chi connectivity index (χ4n) is 0.352. The highest BCUT2D eigenvalue weighted by molar-refractivity contribution is 6.19. The van der Waals surface area contributed by atoms with Gasteiger partial charge in [0.2, 0.25) is 0 Å². The summed E-state index contributed by atoms with van der Waals surface area (Å²) < 4.78 is 1.42. The predicted octanol–water partition coefficient (Wildman–Crippen LogP) is -0.0961. The van der Waals surface area contributed by atoms with Crippen LogP contribution in [0.5, 0.6) is 0 Å². The van der Waals surface area contributed by atoms with Gasteiger partial charge in [0.05, 0.1) is 7.05 Å².